The van der Waals surface area contributed by atoms with Crippen LogP contribution in [0.2, 0.25) is 0 Å². The summed E-state index contributed by atoms with van der Waals surface area (Å²) in [6, 6.07) is 9.01. The van der Waals surface area contributed by atoms with Gasteiger partial charge in [0.15, 0.2) is 0 Å². The van der Waals surface area contributed by atoms with E-state index in [9.17, 15) is 4.79 Å². The quantitative estimate of drug-likeness (QED) is 0.819. The van der Waals surface area contributed by atoms with Crippen molar-refractivity contribution in [1.29, 1.82) is 0 Å². The maximum absolute atomic E-state index is 11.0. The van der Waals surface area contributed by atoms with Crippen molar-refractivity contribution >= 4 is 6.29 Å². The molecule has 0 radical (unpaired) electrons. The molecule has 2 unspecified atom stereocenters. The molecule has 2 aliphatic rings. The first-order chi connectivity index (χ1) is 9.38. The third-order valence-corrected chi connectivity index (χ3v) is 4.57. The fraction of sp³-hybridized carbons (Fsp3) is 0.562. The minimum Gasteiger partial charge on any atom is -0.303 e. The molecule has 1 aromatic carbocycles. The van der Waals surface area contributed by atoms with E-state index in [-0.39, 0.29) is 12.0 Å². The van der Waals surface area contributed by atoms with E-state index in [1.54, 1.807) is 0 Å². The molecule has 2 fully saturated rings. The molecular formula is C16H22N2O. The summed E-state index contributed by atoms with van der Waals surface area (Å²) in [5.41, 5.74) is 8.94. The molecule has 1 aliphatic carbocycles. The first-order valence-electron chi connectivity index (χ1n) is 7.42. The maximum Gasteiger partial charge on any atom is 0.126 e. The lowest BCUT2D eigenvalue weighted by Crippen LogP contribution is -2.25. The zero-order chi connectivity index (χ0) is 13.1. The Kier molecular flexibility index (Phi) is 3.95. The predicted octanol–water partition coefficient (Wildman–Crippen LogP) is 2.70. The van der Waals surface area contributed by atoms with E-state index in [2.05, 4.69) is 35.1 Å². The number of nitrogens with one attached hydrogen (secondary N) is 2. The highest BCUT2D eigenvalue weighted by molar-refractivity contribution is 5.57. The molecule has 0 bridgehead atoms. The molecular weight excluding hydrogens is 236 g/mol. The van der Waals surface area contributed by atoms with Crippen molar-refractivity contribution in [2.24, 2.45) is 5.92 Å². The highest BCUT2D eigenvalue weighted by Gasteiger charge is 2.27. The fourth-order valence-corrected chi connectivity index (χ4v) is 3.38. The van der Waals surface area contributed by atoms with E-state index >= 15 is 0 Å². The van der Waals surface area contributed by atoms with E-state index < -0.39 is 0 Å². The molecule has 3 rings (SSSR count). The summed E-state index contributed by atoms with van der Waals surface area (Å²) >= 11 is 0. The second-order valence-electron chi connectivity index (χ2n) is 5.80. The summed E-state index contributed by atoms with van der Waals surface area (Å²) in [6.07, 6.45) is 7.85. The molecule has 3 nitrogen and oxygen atoms in total. The molecule has 102 valence electrons. The Morgan fingerprint density at radius 3 is 2.37 bits per heavy atom. The monoisotopic (exact) mass is 258 g/mol. The second-order valence-corrected chi connectivity index (χ2v) is 5.80. The number of carbonyl (C=O) groups is 1. The number of aldehydes is 1. The van der Waals surface area contributed by atoms with Gasteiger partial charge < -0.3 is 4.79 Å². The summed E-state index contributed by atoms with van der Waals surface area (Å²) in [5, 5.41) is 0. The average molecular weight is 258 g/mol. The molecule has 1 saturated heterocycles. The van der Waals surface area contributed by atoms with Gasteiger partial charge in [-0.1, -0.05) is 43.5 Å². The lowest BCUT2D eigenvalue weighted by atomic mass is 9.83. The Balaban J connectivity index is 1.73. The van der Waals surface area contributed by atoms with Crippen molar-refractivity contribution < 1.29 is 4.79 Å². The van der Waals surface area contributed by atoms with E-state index in [4.69, 9.17) is 0 Å². The first-order valence-corrected chi connectivity index (χ1v) is 7.42. The van der Waals surface area contributed by atoms with Crippen LogP contribution in [0.3, 0.4) is 0 Å². The van der Waals surface area contributed by atoms with Gasteiger partial charge in [-0.3, -0.25) is 5.43 Å². The van der Waals surface area contributed by atoms with Crippen molar-refractivity contribution in [3.05, 3.63) is 35.4 Å². The number of hydrogen-bond acceptors (Lipinski definition) is 3. The summed E-state index contributed by atoms with van der Waals surface area (Å²) in [6.45, 7) is 0.721. The number of rotatable bonds is 3. The molecule has 0 spiro atoms. The molecule has 1 aromatic rings. The third-order valence-electron chi connectivity index (χ3n) is 4.57. The Bertz CT molecular complexity index is 423. The Morgan fingerprint density at radius 2 is 1.68 bits per heavy atom. The smallest absolute Gasteiger partial charge is 0.126 e. The normalized spacial score (nSPS) is 28.4. The number of hydrazine groups is 1. The summed E-state index contributed by atoms with van der Waals surface area (Å²) in [7, 11) is 0. The van der Waals surface area contributed by atoms with E-state index in [1.165, 1.54) is 43.2 Å². The largest absolute Gasteiger partial charge is 0.303 e. The standard InChI is InChI=1S/C16H22N2O/c19-11-15-10-17-18-16(15)14-8-6-13(7-9-14)12-4-2-1-3-5-12/h6-9,11-12,15-18H,1-5,10H2. The van der Waals surface area contributed by atoms with Crippen LogP contribution in [-0.2, 0) is 4.79 Å². The van der Waals surface area contributed by atoms with Crippen LogP contribution in [0.25, 0.3) is 0 Å². The van der Waals surface area contributed by atoms with Gasteiger partial charge >= 0.3 is 0 Å². The van der Waals surface area contributed by atoms with Crippen LogP contribution in [0.15, 0.2) is 24.3 Å². The summed E-state index contributed by atoms with van der Waals surface area (Å²) < 4.78 is 0. The fourth-order valence-electron chi connectivity index (χ4n) is 3.38. The predicted molar refractivity (Wildman–Crippen MR) is 75.7 cm³/mol. The third kappa shape index (κ3) is 2.72. The first kappa shape index (κ1) is 12.8. The summed E-state index contributed by atoms with van der Waals surface area (Å²) in [4.78, 5) is 11.0. The number of carbonyl (C=O) groups excluding carboxylic acids is 1. The molecule has 0 amide bonds. The zero-order valence-electron chi connectivity index (χ0n) is 11.3. The van der Waals surface area contributed by atoms with Gasteiger partial charge in [0.05, 0.1) is 6.04 Å². The zero-order valence-corrected chi connectivity index (χ0v) is 11.3. The number of benzene rings is 1. The van der Waals surface area contributed by atoms with E-state index in [0.717, 1.165) is 18.7 Å². The van der Waals surface area contributed by atoms with Crippen molar-refractivity contribution in [3.8, 4) is 0 Å². The van der Waals surface area contributed by atoms with E-state index in [0.29, 0.717) is 0 Å². The Hall–Kier alpha value is -1.19. The SMILES string of the molecule is O=CC1CNNC1c1ccc(C2CCCCC2)cc1. The summed E-state index contributed by atoms with van der Waals surface area (Å²) in [5.74, 6) is 0.792. The maximum atomic E-state index is 11.0. The van der Waals surface area contributed by atoms with Gasteiger partial charge in [0, 0.05) is 12.5 Å². The molecule has 2 N–H and O–H groups in total. The lowest BCUT2D eigenvalue weighted by molar-refractivity contribution is -0.111. The van der Waals surface area contributed by atoms with Crippen LogP contribution in [0, 0.1) is 5.92 Å². The van der Waals surface area contributed by atoms with Crippen LogP contribution >= 0.6 is 0 Å². The van der Waals surface area contributed by atoms with Crippen molar-refractivity contribution in [1.82, 2.24) is 10.9 Å². The lowest BCUT2D eigenvalue weighted by Gasteiger charge is -2.22. The molecule has 2 atom stereocenters. The number of hydrogen-bond donors (Lipinski definition) is 2. The highest BCUT2D eigenvalue weighted by Crippen LogP contribution is 2.33. The Morgan fingerprint density at radius 1 is 1.00 bits per heavy atom. The topological polar surface area (TPSA) is 41.1 Å². The van der Waals surface area contributed by atoms with Gasteiger partial charge in [-0.15, -0.1) is 0 Å². The molecule has 1 heterocycles. The second kappa shape index (κ2) is 5.85. The van der Waals surface area contributed by atoms with Crippen molar-refractivity contribution in [3.63, 3.8) is 0 Å². The van der Waals surface area contributed by atoms with Gasteiger partial charge in [0.25, 0.3) is 0 Å². The molecule has 3 heteroatoms. The van der Waals surface area contributed by atoms with Crippen molar-refractivity contribution in [2.45, 2.75) is 44.1 Å². The molecule has 0 aromatic heterocycles. The van der Waals surface area contributed by atoms with Crippen LogP contribution in [0.5, 0.6) is 0 Å². The van der Waals surface area contributed by atoms with Crippen LogP contribution in [0.1, 0.15) is 55.2 Å². The average Bonchev–Trinajstić information content (AvgIpc) is 2.97. The minimum absolute atomic E-state index is 0.0422. The van der Waals surface area contributed by atoms with Gasteiger partial charge in [-0.2, -0.15) is 0 Å². The van der Waals surface area contributed by atoms with E-state index in [1.807, 2.05) is 0 Å². The van der Waals surface area contributed by atoms with Gasteiger partial charge in [0.2, 0.25) is 0 Å². The molecule has 1 aliphatic heterocycles. The Labute approximate surface area is 114 Å². The van der Waals surface area contributed by atoms with Crippen LogP contribution in [-0.4, -0.2) is 12.8 Å². The van der Waals surface area contributed by atoms with Gasteiger partial charge in [0.1, 0.15) is 6.29 Å². The molecule has 19 heavy (non-hydrogen) atoms. The van der Waals surface area contributed by atoms with Crippen LogP contribution in [0.4, 0.5) is 0 Å². The van der Waals surface area contributed by atoms with Gasteiger partial charge in [-0.25, -0.2) is 5.43 Å². The molecule has 1 saturated carbocycles. The minimum atomic E-state index is 0.0422. The van der Waals surface area contributed by atoms with Gasteiger partial charge in [-0.05, 0) is 29.9 Å². The van der Waals surface area contributed by atoms with Crippen LogP contribution < -0.4 is 10.9 Å². The van der Waals surface area contributed by atoms with Crippen molar-refractivity contribution in [2.75, 3.05) is 6.54 Å². The highest BCUT2D eigenvalue weighted by atomic mass is 16.1.